The van der Waals surface area contributed by atoms with E-state index in [2.05, 4.69) is 38.2 Å². The first-order valence-electron chi connectivity index (χ1n) is 13.0. The predicted molar refractivity (Wildman–Crippen MR) is 144 cm³/mol. The number of hydrogen-bond donors (Lipinski definition) is 1. The Morgan fingerprint density at radius 2 is 2.00 bits per heavy atom. The van der Waals surface area contributed by atoms with E-state index >= 15 is 0 Å². The monoisotopic (exact) mass is 541 g/mol. The lowest BCUT2D eigenvalue weighted by molar-refractivity contribution is -0.185. The predicted octanol–water partition coefficient (Wildman–Crippen LogP) is 4.78. The van der Waals surface area contributed by atoms with Gasteiger partial charge in [-0.05, 0) is 20.3 Å². The molecule has 0 amide bonds. The van der Waals surface area contributed by atoms with Crippen molar-refractivity contribution in [2.45, 2.75) is 74.8 Å². The number of rotatable bonds is 14. The van der Waals surface area contributed by atoms with Crippen LogP contribution in [-0.2, 0) is 20.9 Å². The van der Waals surface area contributed by atoms with Crippen molar-refractivity contribution < 1.29 is 19.0 Å². The molecule has 0 unspecified atom stereocenters. The van der Waals surface area contributed by atoms with Gasteiger partial charge in [-0.25, -0.2) is 14.8 Å². The number of thiazole rings is 1. The van der Waals surface area contributed by atoms with Crippen LogP contribution >= 0.6 is 23.1 Å². The average Bonchev–Trinajstić information content (AvgIpc) is 3.34. The normalized spacial score (nSPS) is 16.3. The van der Waals surface area contributed by atoms with Gasteiger partial charge in [-0.3, -0.25) is 4.94 Å². The topological polar surface area (TPSA) is 79.3 Å². The van der Waals surface area contributed by atoms with E-state index in [-0.39, 0.29) is 0 Å². The molecule has 36 heavy (non-hydrogen) atoms. The van der Waals surface area contributed by atoms with E-state index in [9.17, 15) is 9.32 Å². The molecule has 8 nitrogen and oxygen atoms in total. The summed E-state index contributed by atoms with van der Waals surface area (Å²) in [6.07, 6.45) is 10.3. The molecule has 1 N–H and O–H groups in total. The SMILES string of the molecule is CCCCCCCCN(CCc1csc(SC(C)(C)C(=O)OF)n1)C1=NCC(N2CCOCC2)=CN1. The van der Waals surface area contributed by atoms with E-state index in [1.54, 1.807) is 13.8 Å². The molecule has 2 aliphatic heterocycles. The van der Waals surface area contributed by atoms with Gasteiger partial charge in [-0.1, -0.05) is 50.8 Å². The zero-order valence-corrected chi connectivity index (χ0v) is 23.4. The third-order valence-corrected chi connectivity index (χ3v) is 8.49. The number of guanidine groups is 1. The van der Waals surface area contributed by atoms with Crippen LogP contribution in [0.3, 0.4) is 0 Å². The number of thioether (sulfide) groups is 1. The third kappa shape index (κ3) is 8.92. The van der Waals surface area contributed by atoms with Crippen LogP contribution in [0.25, 0.3) is 0 Å². The van der Waals surface area contributed by atoms with Crippen LogP contribution in [0.1, 0.15) is 65.0 Å². The summed E-state index contributed by atoms with van der Waals surface area (Å²) >= 11 is 2.69. The standard InChI is InChI=1S/C25H40FN5O3S2/c1-4-5-6-7-8-9-11-31(23-27-17-21(18-28-23)30-13-15-33-16-14-30)12-10-20-19-35-24(29-20)36-25(2,3)22(32)34-26/h17,19H,4-16,18H2,1-3H3,(H,27,28). The van der Waals surface area contributed by atoms with Crippen LogP contribution in [0, 0.1) is 0 Å². The summed E-state index contributed by atoms with van der Waals surface area (Å²) in [6.45, 7) is 11.3. The molecule has 0 spiro atoms. The van der Waals surface area contributed by atoms with Crippen LogP contribution in [0.15, 0.2) is 26.6 Å². The van der Waals surface area contributed by atoms with E-state index in [0.717, 1.165) is 68.2 Å². The Morgan fingerprint density at radius 1 is 1.25 bits per heavy atom. The highest BCUT2D eigenvalue weighted by atomic mass is 32.2. The molecule has 0 radical (unpaired) electrons. The van der Waals surface area contributed by atoms with Gasteiger partial charge in [0.1, 0.15) is 4.75 Å². The van der Waals surface area contributed by atoms with Gasteiger partial charge in [-0.15, -0.1) is 11.3 Å². The number of hydrogen-bond acceptors (Lipinski definition) is 10. The van der Waals surface area contributed by atoms with Crippen LogP contribution < -0.4 is 5.32 Å². The fourth-order valence-corrected chi connectivity index (χ4v) is 6.34. The second kappa shape index (κ2) is 14.8. The second-order valence-corrected chi connectivity index (χ2v) is 12.3. The summed E-state index contributed by atoms with van der Waals surface area (Å²) in [5, 5.41) is 5.45. The Kier molecular flexibility index (Phi) is 11.8. The lowest BCUT2D eigenvalue weighted by Crippen LogP contribution is -2.45. The highest BCUT2D eigenvalue weighted by Crippen LogP contribution is 2.35. The maximum absolute atomic E-state index is 12.4. The lowest BCUT2D eigenvalue weighted by Gasteiger charge is -2.34. The molecule has 0 bridgehead atoms. The number of carbonyl (C=O) groups excluding carboxylic acids is 1. The molecule has 1 fully saturated rings. The molecular formula is C25H40FN5O3S2. The highest BCUT2D eigenvalue weighted by Gasteiger charge is 2.33. The van der Waals surface area contributed by atoms with Gasteiger partial charge >= 0.3 is 5.97 Å². The highest BCUT2D eigenvalue weighted by molar-refractivity contribution is 8.03. The Hall–Kier alpha value is -1.85. The van der Waals surface area contributed by atoms with Crippen molar-refractivity contribution in [3.05, 3.63) is 23.0 Å². The molecule has 3 rings (SSSR count). The lowest BCUT2D eigenvalue weighted by atomic mass is 10.1. The fourth-order valence-electron chi connectivity index (χ4n) is 4.09. The molecule has 0 aliphatic carbocycles. The van der Waals surface area contributed by atoms with Crippen LogP contribution in [0.4, 0.5) is 4.53 Å². The number of morpholine rings is 1. The summed E-state index contributed by atoms with van der Waals surface area (Å²) in [4.78, 5) is 29.3. The number of nitrogens with zero attached hydrogens (tertiary/aromatic N) is 4. The van der Waals surface area contributed by atoms with Gasteiger partial charge in [0.15, 0.2) is 10.3 Å². The Balaban J connectivity index is 1.56. The van der Waals surface area contributed by atoms with E-state index in [1.807, 2.05) is 5.38 Å². The number of aromatic nitrogens is 1. The first kappa shape index (κ1) is 28.7. The van der Waals surface area contributed by atoms with E-state index in [4.69, 9.17) is 9.73 Å². The van der Waals surface area contributed by atoms with E-state index in [0.29, 0.717) is 6.54 Å². The molecule has 1 aromatic rings. The Morgan fingerprint density at radius 3 is 2.69 bits per heavy atom. The summed E-state index contributed by atoms with van der Waals surface area (Å²) in [6, 6.07) is 0. The maximum Gasteiger partial charge on any atom is 0.364 e. The minimum absolute atomic E-state index is 0.673. The summed E-state index contributed by atoms with van der Waals surface area (Å²) in [7, 11) is 0. The summed E-state index contributed by atoms with van der Waals surface area (Å²) in [5.74, 6) is 0.0115. The van der Waals surface area contributed by atoms with Gasteiger partial charge in [0.2, 0.25) is 0 Å². The number of aliphatic imine (C=N–C) groups is 1. The zero-order valence-electron chi connectivity index (χ0n) is 21.8. The molecule has 11 heteroatoms. The van der Waals surface area contributed by atoms with Crippen LogP contribution in [0.5, 0.6) is 0 Å². The quantitative estimate of drug-likeness (QED) is 0.266. The fraction of sp³-hybridized carbons (Fsp3) is 0.720. The van der Waals surface area contributed by atoms with Crippen LogP contribution in [0.2, 0.25) is 0 Å². The zero-order chi connectivity index (χ0) is 25.8. The largest absolute Gasteiger partial charge is 0.378 e. The first-order chi connectivity index (χ1) is 17.4. The number of ether oxygens (including phenoxy) is 1. The van der Waals surface area contributed by atoms with Crippen molar-refractivity contribution in [3.8, 4) is 0 Å². The van der Waals surface area contributed by atoms with Crippen molar-refractivity contribution >= 4 is 35.0 Å². The van der Waals surface area contributed by atoms with Crippen molar-refractivity contribution in [1.82, 2.24) is 20.1 Å². The summed E-state index contributed by atoms with van der Waals surface area (Å²) in [5.41, 5.74) is 2.16. The Labute approximate surface area is 222 Å². The van der Waals surface area contributed by atoms with Crippen molar-refractivity contribution in [1.29, 1.82) is 0 Å². The van der Waals surface area contributed by atoms with Gasteiger partial charge in [0.05, 0.1) is 31.1 Å². The number of carbonyl (C=O) groups is 1. The number of nitrogens with one attached hydrogen (secondary N) is 1. The molecular weight excluding hydrogens is 501 g/mol. The van der Waals surface area contributed by atoms with E-state index < -0.39 is 10.7 Å². The minimum Gasteiger partial charge on any atom is -0.378 e. The van der Waals surface area contributed by atoms with Gasteiger partial charge in [-0.2, -0.15) is 0 Å². The molecule has 202 valence electrons. The molecule has 3 heterocycles. The molecule has 1 aromatic heterocycles. The molecule has 0 aromatic carbocycles. The van der Waals surface area contributed by atoms with Gasteiger partial charge in [0.25, 0.3) is 0 Å². The maximum atomic E-state index is 12.4. The molecule has 2 aliphatic rings. The number of halogens is 1. The van der Waals surface area contributed by atoms with Gasteiger partial charge < -0.3 is 19.9 Å². The van der Waals surface area contributed by atoms with Crippen molar-refractivity contribution in [2.24, 2.45) is 4.99 Å². The number of unbranched alkanes of at least 4 members (excludes halogenated alkanes) is 5. The van der Waals surface area contributed by atoms with Crippen molar-refractivity contribution in [3.63, 3.8) is 0 Å². The summed E-state index contributed by atoms with van der Waals surface area (Å²) < 4.78 is 17.6. The minimum atomic E-state index is -1.03. The first-order valence-corrected chi connectivity index (χ1v) is 14.7. The smallest absolute Gasteiger partial charge is 0.364 e. The van der Waals surface area contributed by atoms with Crippen molar-refractivity contribution in [2.75, 3.05) is 45.9 Å². The molecule has 1 saturated heterocycles. The average molecular weight is 542 g/mol. The molecule has 0 saturated carbocycles. The van der Waals surface area contributed by atoms with E-state index in [1.165, 1.54) is 60.9 Å². The third-order valence-electron chi connectivity index (χ3n) is 6.33. The second-order valence-electron chi connectivity index (χ2n) is 9.61. The molecule has 0 atom stereocenters. The Bertz CT molecular complexity index is 887. The van der Waals surface area contributed by atoms with Gasteiger partial charge in [0, 0.05) is 48.7 Å². The van der Waals surface area contributed by atoms with Crippen LogP contribution in [-0.4, -0.2) is 77.4 Å².